The lowest BCUT2D eigenvalue weighted by molar-refractivity contribution is 0.0953. The van der Waals surface area contributed by atoms with Gasteiger partial charge in [0.25, 0.3) is 5.91 Å². The number of aromatic nitrogens is 5. The summed E-state index contributed by atoms with van der Waals surface area (Å²) in [5.74, 6) is 0.606. The van der Waals surface area contributed by atoms with Crippen LogP contribution in [0.3, 0.4) is 0 Å². The number of methoxy groups -OCH3 is 1. The van der Waals surface area contributed by atoms with Crippen LogP contribution in [0.4, 0.5) is 0 Å². The van der Waals surface area contributed by atoms with Gasteiger partial charge < -0.3 is 10.1 Å². The first kappa shape index (κ1) is 19.6. The molecule has 0 unspecified atom stereocenters. The fraction of sp³-hybridized carbons (Fsp3) is 0.273. The van der Waals surface area contributed by atoms with Crippen LogP contribution in [0.25, 0.3) is 22.3 Å². The first-order valence-electron chi connectivity index (χ1n) is 9.72. The van der Waals surface area contributed by atoms with Crippen LogP contribution in [0.2, 0.25) is 0 Å². The van der Waals surface area contributed by atoms with Gasteiger partial charge in [-0.3, -0.25) is 14.2 Å². The average Bonchev–Trinajstić information content (AvgIpc) is 3.28. The van der Waals surface area contributed by atoms with Gasteiger partial charge in [-0.15, -0.1) is 0 Å². The predicted molar refractivity (Wildman–Crippen MR) is 115 cm³/mol. The van der Waals surface area contributed by atoms with Crippen LogP contribution in [0, 0.1) is 13.8 Å². The number of amides is 1. The summed E-state index contributed by atoms with van der Waals surface area (Å²) in [4.78, 5) is 17.7. The monoisotopic (exact) mass is 404 g/mol. The van der Waals surface area contributed by atoms with E-state index in [0.29, 0.717) is 30.0 Å². The van der Waals surface area contributed by atoms with Gasteiger partial charge in [0.2, 0.25) is 0 Å². The van der Waals surface area contributed by atoms with Gasteiger partial charge >= 0.3 is 0 Å². The molecular weight excluding hydrogens is 380 g/mol. The Balaban J connectivity index is 1.61. The second kappa shape index (κ2) is 7.98. The van der Waals surface area contributed by atoms with Crippen LogP contribution in [0.5, 0.6) is 5.75 Å². The molecular formula is C22H24N6O2. The molecule has 3 aromatic heterocycles. The van der Waals surface area contributed by atoms with Crippen molar-refractivity contribution in [2.24, 2.45) is 7.05 Å². The Morgan fingerprint density at radius 2 is 1.93 bits per heavy atom. The van der Waals surface area contributed by atoms with Crippen molar-refractivity contribution in [2.75, 3.05) is 13.7 Å². The SMILES string of the molecule is COc1ccc(-c2cc(C(=O)NCCn3nc(C)cc3C)c3cnn(C)c3n2)cc1. The Labute approximate surface area is 174 Å². The van der Waals surface area contributed by atoms with Crippen molar-refractivity contribution >= 4 is 16.9 Å². The second-order valence-electron chi connectivity index (χ2n) is 7.20. The molecule has 0 saturated carbocycles. The minimum absolute atomic E-state index is 0.160. The first-order chi connectivity index (χ1) is 14.5. The van der Waals surface area contributed by atoms with Gasteiger partial charge in [0, 0.05) is 24.8 Å². The van der Waals surface area contributed by atoms with E-state index in [4.69, 9.17) is 9.72 Å². The molecule has 1 aromatic carbocycles. The smallest absolute Gasteiger partial charge is 0.252 e. The zero-order chi connectivity index (χ0) is 21.3. The highest BCUT2D eigenvalue weighted by atomic mass is 16.5. The molecule has 0 atom stereocenters. The van der Waals surface area contributed by atoms with Gasteiger partial charge in [0.1, 0.15) is 5.75 Å². The van der Waals surface area contributed by atoms with Gasteiger partial charge in [0.05, 0.1) is 42.2 Å². The van der Waals surface area contributed by atoms with E-state index in [1.807, 2.05) is 62.0 Å². The quantitative estimate of drug-likeness (QED) is 0.534. The number of carbonyl (C=O) groups excluding carboxylic acids is 1. The van der Waals surface area contributed by atoms with Crippen LogP contribution in [-0.4, -0.2) is 44.1 Å². The number of hydrogen-bond acceptors (Lipinski definition) is 5. The zero-order valence-electron chi connectivity index (χ0n) is 17.5. The largest absolute Gasteiger partial charge is 0.497 e. The first-order valence-corrected chi connectivity index (χ1v) is 9.72. The molecule has 8 nitrogen and oxygen atoms in total. The van der Waals surface area contributed by atoms with E-state index in [0.717, 1.165) is 28.1 Å². The van der Waals surface area contributed by atoms with Crippen LogP contribution in [0.1, 0.15) is 21.7 Å². The molecule has 0 bridgehead atoms. The van der Waals surface area contributed by atoms with Gasteiger partial charge in [-0.1, -0.05) is 0 Å². The summed E-state index contributed by atoms with van der Waals surface area (Å²) in [5, 5.41) is 12.4. The van der Waals surface area contributed by atoms with E-state index in [9.17, 15) is 4.79 Å². The van der Waals surface area contributed by atoms with Crippen molar-refractivity contribution in [1.82, 2.24) is 29.9 Å². The number of nitrogens with zero attached hydrogens (tertiary/aromatic N) is 5. The van der Waals surface area contributed by atoms with E-state index in [1.54, 1.807) is 18.0 Å². The third-order valence-corrected chi connectivity index (χ3v) is 5.05. The fourth-order valence-corrected chi connectivity index (χ4v) is 3.48. The standard InChI is InChI=1S/C22H24N6O2/c1-14-11-15(2)28(26-14)10-9-23-22(29)18-12-20(16-5-7-17(30-4)8-6-16)25-21-19(18)13-24-27(21)3/h5-8,11-13H,9-10H2,1-4H3,(H,23,29). The molecule has 0 aliphatic rings. The molecule has 1 amide bonds. The van der Waals surface area contributed by atoms with E-state index in [1.165, 1.54) is 0 Å². The summed E-state index contributed by atoms with van der Waals surface area (Å²) in [6.07, 6.45) is 1.68. The molecule has 0 aliphatic carbocycles. The molecule has 0 radical (unpaired) electrons. The molecule has 3 heterocycles. The number of benzene rings is 1. The fourth-order valence-electron chi connectivity index (χ4n) is 3.48. The second-order valence-corrected chi connectivity index (χ2v) is 7.20. The van der Waals surface area contributed by atoms with Crippen LogP contribution in [-0.2, 0) is 13.6 Å². The molecule has 4 rings (SSSR count). The number of pyridine rings is 1. The van der Waals surface area contributed by atoms with E-state index in [2.05, 4.69) is 15.5 Å². The van der Waals surface area contributed by atoms with E-state index >= 15 is 0 Å². The Morgan fingerprint density at radius 3 is 2.60 bits per heavy atom. The predicted octanol–water partition coefficient (Wildman–Crippen LogP) is 2.89. The lowest BCUT2D eigenvalue weighted by Crippen LogP contribution is -2.28. The van der Waals surface area contributed by atoms with E-state index in [-0.39, 0.29) is 5.91 Å². The molecule has 154 valence electrons. The Hall–Kier alpha value is -3.68. The Bertz CT molecular complexity index is 1210. The minimum atomic E-state index is -0.160. The Kier molecular flexibility index (Phi) is 5.22. The van der Waals surface area contributed by atoms with Gasteiger partial charge in [-0.05, 0) is 50.2 Å². The number of hydrogen-bond donors (Lipinski definition) is 1. The average molecular weight is 404 g/mol. The summed E-state index contributed by atoms with van der Waals surface area (Å²) >= 11 is 0. The van der Waals surface area contributed by atoms with Crippen LogP contribution < -0.4 is 10.1 Å². The number of rotatable bonds is 6. The van der Waals surface area contributed by atoms with Gasteiger partial charge in [-0.25, -0.2) is 4.98 Å². The summed E-state index contributed by atoms with van der Waals surface area (Å²) in [6.45, 7) is 5.05. The molecule has 30 heavy (non-hydrogen) atoms. The zero-order valence-corrected chi connectivity index (χ0v) is 17.5. The maximum absolute atomic E-state index is 13.0. The lowest BCUT2D eigenvalue weighted by Gasteiger charge is -2.10. The number of ether oxygens (including phenoxy) is 1. The van der Waals surface area contributed by atoms with E-state index < -0.39 is 0 Å². The van der Waals surface area contributed by atoms with Crippen molar-refractivity contribution in [1.29, 1.82) is 0 Å². The number of fused-ring (bicyclic) bond motifs is 1. The van der Waals surface area contributed by atoms with Crippen molar-refractivity contribution in [3.05, 3.63) is 59.5 Å². The van der Waals surface area contributed by atoms with Crippen molar-refractivity contribution in [3.63, 3.8) is 0 Å². The molecule has 0 saturated heterocycles. The van der Waals surface area contributed by atoms with Crippen molar-refractivity contribution < 1.29 is 9.53 Å². The normalized spacial score (nSPS) is 11.1. The number of aryl methyl sites for hydroxylation is 3. The highest BCUT2D eigenvalue weighted by Gasteiger charge is 2.16. The summed E-state index contributed by atoms with van der Waals surface area (Å²) in [7, 11) is 3.45. The van der Waals surface area contributed by atoms with Crippen molar-refractivity contribution in [2.45, 2.75) is 20.4 Å². The molecule has 8 heteroatoms. The van der Waals surface area contributed by atoms with Crippen molar-refractivity contribution in [3.8, 4) is 17.0 Å². The molecule has 4 aromatic rings. The third kappa shape index (κ3) is 3.76. The Morgan fingerprint density at radius 1 is 1.17 bits per heavy atom. The topological polar surface area (TPSA) is 86.9 Å². The van der Waals surface area contributed by atoms with Crippen LogP contribution >= 0.6 is 0 Å². The lowest BCUT2D eigenvalue weighted by atomic mass is 10.1. The molecule has 0 spiro atoms. The molecule has 1 N–H and O–H groups in total. The minimum Gasteiger partial charge on any atom is -0.497 e. The highest BCUT2D eigenvalue weighted by molar-refractivity contribution is 6.06. The van der Waals surface area contributed by atoms with Gasteiger partial charge in [0.15, 0.2) is 5.65 Å². The van der Waals surface area contributed by atoms with Crippen LogP contribution in [0.15, 0.2) is 42.6 Å². The summed E-state index contributed by atoms with van der Waals surface area (Å²) in [6, 6.07) is 11.4. The number of nitrogens with one attached hydrogen (secondary N) is 1. The maximum Gasteiger partial charge on any atom is 0.252 e. The maximum atomic E-state index is 13.0. The summed E-state index contributed by atoms with van der Waals surface area (Å²) < 4.78 is 8.80. The van der Waals surface area contributed by atoms with Gasteiger partial charge in [-0.2, -0.15) is 10.2 Å². The molecule has 0 fully saturated rings. The molecule has 0 aliphatic heterocycles. The highest BCUT2D eigenvalue weighted by Crippen LogP contribution is 2.26. The number of carbonyl (C=O) groups is 1. The summed E-state index contributed by atoms with van der Waals surface area (Å²) in [5.41, 5.74) is 4.85. The third-order valence-electron chi connectivity index (χ3n) is 5.05.